The third kappa shape index (κ3) is 5.94. The van der Waals surface area contributed by atoms with Crippen molar-refractivity contribution in [2.75, 3.05) is 11.9 Å². The average Bonchev–Trinajstić information content (AvgIpc) is 2.81. The van der Waals surface area contributed by atoms with E-state index in [0.717, 1.165) is 17.5 Å². The van der Waals surface area contributed by atoms with Gasteiger partial charge in [0.15, 0.2) is 23.6 Å². The molecule has 0 saturated heterocycles. The number of aromatic nitrogens is 1. The van der Waals surface area contributed by atoms with Gasteiger partial charge in [-0.2, -0.15) is 0 Å². The van der Waals surface area contributed by atoms with E-state index in [9.17, 15) is 27.6 Å². The molecule has 0 spiro atoms. The van der Waals surface area contributed by atoms with Crippen molar-refractivity contribution in [3.05, 3.63) is 77.8 Å². The number of anilines is 1. The van der Waals surface area contributed by atoms with Crippen molar-refractivity contribution in [3.63, 3.8) is 0 Å². The van der Waals surface area contributed by atoms with Gasteiger partial charge in [-0.3, -0.25) is 14.6 Å². The van der Waals surface area contributed by atoms with Crippen LogP contribution in [-0.2, 0) is 19.1 Å². The summed E-state index contributed by atoms with van der Waals surface area (Å²) in [6.07, 6.45) is 3.04. The lowest BCUT2D eigenvalue weighted by Gasteiger charge is -2.13. The van der Waals surface area contributed by atoms with Crippen molar-refractivity contribution in [2.45, 2.75) is 13.0 Å². The monoisotopic (exact) mass is 457 g/mol. The lowest BCUT2D eigenvalue weighted by molar-refractivity contribution is -0.150. The van der Waals surface area contributed by atoms with E-state index < -0.39 is 53.6 Å². The summed E-state index contributed by atoms with van der Waals surface area (Å²) in [5.41, 5.74) is 0.794. The first kappa shape index (κ1) is 23.5. The molecule has 0 aliphatic heterocycles. The number of para-hydroxylation sites is 1. The molecular weight excluding hydrogens is 439 g/mol. The topological polar surface area (TPSA) is 97.4 Å². The first-order chi connectivity index (χ1) is 15.8. The number of benzene rings is 2. The molecule has 0 radical (unpaired) electrons. The zero-order valence-electron chi connectivity index (χ0n) is 17.3. The minimum Gasteiger partial charge on any atom is -0.449 e. The molecule has 1 heterocycles. The first-order valence-electron chi connectivity index (χ1n) is 9.69. The number of hydrogen-bond donors (Lipinski definition) is 2. The third-order valence-corrected chi connectivity index (χ3v) is 4.46. The Morgan fingerprint density at radius 2 is 1.82 bits per heavy atom. The highest BCUT2D eigenvalue weighted by atomic mass is 19.2. The second-order valence-electron chi connectivity index (χ2n) is 6.82. The molecule has 0 aliphatic rings. The van der Waals surface area contributed by atoms with Crippen molar-refractivity contribution in [1.29, 1.82) is 0 Å². The van der Waals surface area contributed by atoms with Gasteiger partial charge in [-0.25, -0.2) is 18.0 Å². The van der Waals surface area contributed by atoms with Gasteiger partial charge < -0.3 is 15.4 Å². The molecule has 1 unspecified atom stereocenters. The Kier molecular flexibility index (Phi) is 7.39. The molecule has 7 nitrogen and oxygen atoms in total. The maximum absolute atomic E-state index is 13.6. The number of carbonyl (C=O) groups excluding carboxylic acids is 3. The van der Waals surface area contributed by atoms with Crippen LogP contribution in [0.2, 0.25) is 0 Å². The number of carbonyl (C=O) groups is 3. The Morgan fingerprint density at radius 1 is 1.06 bits per heavy atom. The Hall–Kier alpha value is -4.21. The van der Waals surface area contributed by atoms with E-state index in [-0.39, 0.29) is 0 Å². The highest BCUT2D eigenvalue weighted by Crippen LogP contribution is 2.19. The Labute approximate surface area is 186 Å². The van der Waals surface area contributed by atoms with Gasteiger partial charge in [0, 0.05) is 23.2 Å². The minimum absolute atomic E-state index is 0.583. The van der Waals surface area contributed by atoms with Gasteiger partial charge in [0.2, 0.25) is 5.91 Å². The summed E-state index contributed by atoms with van der Waals surface area (Å²) >= 11 is 0. The molecule has 0 fully saturated rings. The van der Waals surface area contributed by atoms with Crippen LogP contribution in [0.3, 0.4) is 0 Å². The second kappa shape index (κ2) is 10.4. The van der Waals surface area contributed by atoms with Gasteiger partial charge in [-0.15, -0.1) is 0 Å². The number of halogens is 3. The molecule has 2 aromatic carbocycles. The molecule has 1 atom stereocenters. The fraction of sp³-hybridized carbons (Fsp3) is 0.130. The van der Waals surface area contributed by atoms with Crippen LogP contribution < -0.4 is 10.6 Å². The van der Waals surface area contributed by atoms with Crippen molar-refractivity contribution >= 4 is 40.4 Å². The van der Waals surface area contributed by atoms with E-state index in [1.165, 1.54) is 13.0 Å². The van der Waals surface area contributed by atoms with Gasteiger partial charge in [0.1, 0.15) is 0 Å². The molecule has 3 aromatic rings. The lowest BCUT2D eigenvalue weighted by atomic mass is 10.1. The molecule has 170 valence electrons. The number of hydrogen-bond acceptors (Lipinski definition) is 5. The van der Waals surface area contributed by atoms with Crippen molar-refractivity contribution in [3.8, 4) is 0 Å². The van der Waals surface area contributed by atoms with E-state index in [0.29, 0.717) is 17.1 Å². The second-order valence-corrected chi connectivity index (χ2v) is 6.82. The standard InChI is InChI=1S/C23H18F3N3O4/c1-13(23(32)28-12-18(30)29-17-9-8-16(24)20(25)21(17)26)33-19(31)10-7-15-5-2-4-14-6-3-11-27-22(14)15/h2-11,13H,12H2,1H3,(H,28,32)(H,29,30)/b10-7+. The summed E-state index contributed by atoms with van der Waals surface area (Å²) in [5.74, 6) is -7.17. The molecule has 33 heavy (non-hydrogen) atoms. The lowest BCUT2D eigenvalue weighted by Crippen LogP contribution is -2.40. The van der Waals surface area contributed by atoms with Crippen LogP contribution >= 0.6 is 0 Å². The van der Waals surface area contributed by atoms with Gasteiger partial charge >= 0.3 is 5.97 Å². The molecule has 0 bridgehead atoms. The van der Waals surface area contributed by atoms with Crippen LogP contribution in [0.15, 0.2) is 54.7 Å². The van der Waals surface area contributed by atoms with E-state index in [1.807, 2.05) is 23.5 Å². The zero-order valence-corrected chi connectivity index (χ0v) is 17.3. The quantitative estimate of drug-likeness (QED) is 0.322. The van der Waals surface area contributed by atoms with Crippen molar-refractivity contribution in [2.24, 2.45) is 0 Å². The largest absolute Gasteiger partial charge is 0.449 e. The van der Waals surface area contributed by atoms with Gasteiger partial charge in [0.05, 0.1) is 17.7 Å². The number of amides is 2. The smallest absolute Gasteiger partial charge is 0.331 e. The summed E-state index contributed by atoms with van der Waals surface area (Å²) in [6, 6.07) is 10.6. The Bertz CT molecular complexity index is 1240. The SMILES string of the molecule is CC(OC(=O)/C=C/c1cccc2cccnc12)C(=O)NCC(=O)Nc1ccc(F)c(F)c1F. The molecule has 3 rings (SSSR count). The molecule has 2 N–H and O–H groups in total. The molecular formula is C23H18F3N3O4. The predicted molar refractivity (Wildman–Crippen MR) is 114 cm³/mol. The number of nitrogens with zero attached hydrogens (tertiary/aromatic N) is 1. The number of ether oxygens (including phenoxy) is 1. The van der Waals surface area contributed by atoms with E-state index >= 15 is 0 Å². The van der Waals surface area contributed by atoms with Crippen molar-refractivity contribution in [1.82, 2.24) is 10.3 Å². The number of esters is 1. The van der Waals surface area contributed by atoms with Crippen molar-refractivity contribution < 1.29 is 32.3 Å². The van der Waals surface area contributed by atoms with E-state index in [4.69, 9.17) is 4.74 Å². The Morgan fingerprint density at radius 3 is 2.61 bits per heavy atom. The molecule has 1 aromatic heterocycles. The molecule has 10 heteroatoms. The first-order valence-corrected chi connectivity index (χ1v) is 9.69. The predicted octanol–water partition coefficient (Wildman–Crippen LogP) is 3.35. The molecule has 0 saturated carbocycles. The fourth-order valence-electron chi connectivity index (χ4n) is 2.82. The fourth-order valence-corrected chi connectivity index (χ4v) is 2.82. The van der Waals surface area contributed by atoms with Crippen LogP contribution in [0.1, 0.15) is 12.5 Å². The van der Waals surface area contributed by atoms with Crippen LogP contribution in [0.25, 0.3) is 17.0 Å². The van der Waals surface area contributed by atoms with Gasteiger partial charge in [-0.1, -0.05) is 24.3 Å². The average molecular weight is 457 g/mol. The molecule has 2 amide bonds. The Balaban J connectivity index is 1.50. The summed E-state index contributed by atoms with van der Waals surface area (Å²) in [6.45, 7) is 0.685. The summed E-state index contributed by atoms with van der Waals surface area (Å²) in [5, 5.41) is 5.10. The van der Waals surface area contributed by atoms with Gasteiger partial charge in [0.25, 0.3) is 5.91 Å². The third-order valence-electron chi connectivity index (χ3n) is 4.46. The van der Waals surface area contributed by atoms with Crippen LogP contribution in [0, 0.1) is 17.5 Å². The summed E-state index contributed by atoms with van der Waals surface area (Å²) < 4.78 is 44.7. The number of nitrogens with one attached hydrogen (secondary N) is 2. The summed E-state index contributed by atoms with van der Waals surface area (Å²) in [4.78, 5) is 40.2. The normalized spacial score (nSPS) is 11.9. The van der Waals surface area contributed by atoms with Gasteiger partial charge in [-0.05, 0) is 31.2 Å². The maximum Gasteiger partial charge on any atom is 0.331 e. The van der Waals surface area contributed by atoms with Crippen LogP contribution in [0.4, 0.5) is 18.9 Å². The van der Waals surface area contributed by atoms with Crippen LogP contribution in [0.5, 0.6) is 0 Å². The highest BCUT2D eigenvalue weighted by molar-refractivity contribution is 5.96. The summed E-state index contributed by atoms with van der Waals surface area (Å²) in [7, 11) is 0. The number of pyridine rings is 1. The van der Waals surface area contributed by atoms with Crippen LogP contribution in [-0.4, -0.2) is 35.4 Å². The minimum atomic E-state index is -1.73. The van der Waals surface area contributed by atoms with E-state index in [2.05, 4.69) is 10.3 Å². The maximum atomic E-state index is 13.6. The number of rotatable bonds is 7. The molecule has 0 aliphatic carbocycles. The van der Waals surface area contributed by atoms with E-state index in [1.54, 1.807) is 18.3 Å². The number of fused-ring (bicyclic) bond motifs is 1. The zero-order chi connectivity index (χ0) is 24.0. The highest BCUT2D eigenvalue weighted by Gasteiger charge is 2.19.